The van der Waals surface area contributed by atoms with Gasteiger partial charge < -0.3 is 4.74 Å². The van der Waals surface area contributed by atoms with Gasteiger partial charge in [-0.2, -0.15) is 0 Å². The molecule has 150 valence electrons. The molecule has 9 heteroatoms. The van der Waals surface area contributed by atoms with Crippen LogP contribution in [0.15, 0.2) is 53.9 Å². The Balaban J connectivity index is 1.43. The van der Waals surface area contributed by atoms with Gasteiger partial charge in [0.05, 0.1) is 17.6 Å². The summed E-state index contributed by atoms with van der Waals surface area (Å²) in [5, 5.41) is 5.14. The molecule has 0 radical (unpaired) electrons. The first-order chi connectivity index (χ1) is 13.8. The smallest absolute Gasteiger partial charge is 0.267 e. The van der Waals surface area contributed by atoms with Crippen LogP contribution in [0.25, 0.3) is 11.3 Å². The van der Waals surface area contributed by atoms with Gasteiger partial charge in [-0.05, 0) is 23.8 Å². The maximum atomic E-state index is 12.5. The number of fused-ring (bicyclic) bond motifs is 1. The van der Waals surface area contributed by atoms with Crippen molar-refractivity contribution in [1.29, 1.82) is 0 Å². The highest BCUT2D eigenvalue weighted by molar-refractivity contribution is 7.92. The largest absolute Gasteiger partial charge is 0.480 e. The lowest BCUT2D eigenvalue weighted by molar-refractivity contribution is -0.122. The minimum Gasteiger partial charge on any atom is -0.480 e. The number of aromatic nitrogens is 1. The molecule has 0 fully saturated rings. The van der Waals surface area contributed by atoms with E-state index in [1.165, 1.54) is 22.7 Å². The molecule has 1 aliphatic rings. The Kier molecular flexibility index (Phi) is 5.01. The molecule has 1 unspecified atom stereocenters. The number of hydrogen-bond acceptors (Lipinski definition) is 6. The number of thiazole rings is 1. The number of nitrogens with one attached hydrogen (secondary N) is 1. The number of anilines is 2. The third-order valence-corrected chi connectivity index (χ3v) is 6.66. The highest BCUT2D eigenvalue weighted by Gasteiger charge is 2.29. The third kappa shape index (κ3) is 4.10. The lowest BCUT2D eigenvalue weighted by Crippen LogP contribution is -2.31. The quantitative estimate of drug-likeness (QED) is 0.673. The van der Waals surface area contributed by atoms with Crippen LogP contribution in [0.4, 0.5) is 10.8 Å². The maximum absolute atomic E-state index is 12.5. The van der Waals surface area contributed by atoms with Crippen molar-refractivity contribution in [3.05, 3.63) is 59.5 Å². The normalized spacial score (nSPS) is 15.4. The summed E-state index contributed by atoms with van der Waals surface area (Å²) in [7, 11) is -1.81. The molecule has 7 nitrogen and oxygen atoms in total. The standard InChI is InChI=1S/C20H19N3O4S2/c1-23(29(2,25)26)15-9-7-13(8-10-15)16-12-28-20(21-16)22-19(24)18-11-14-5-3-4-6-17(14)27-18/h3-10,12,18H,11H2,1-2H3,(H,21,22,24). The van der Waals surface area contributed by atoms with Crippen molar-refractivity contribution in [2.45, 2.75) is 12.5 Å². The highest BCUT2D eigenvalue weighted by atomic mass is 32.2. The Hall–Kier alpha value is -2.91. The Morgan fingerprint density at radius 2 is 1.93 bits per heavy atom. The van der Waals surface area contributed by atoms with Crippen LogP contribution in [0.1, 0.15) is 5.56 Å². The fraction of sp³-hybridized carbons (Fsp3) is 0.200. The molecule has 1 aromatic heterocycles. The molecule has 0 aliphatic carbocycles. The van der Waals surface area contributed by atoms with E-state index in [1.807, 2.05) is 29.6 Å². The zero-order valence-electron chi connectivity index (χ0n) is 15.8. The van der Waals surface area contributed by atoms with E-state index < -0.39 is 16.1 Å². The monoisotopic (exact) mass is 429 g/mol. The molecule has 3 aromatic rings. The lowest BCUT2D eigenvalue weighted by Gasteiger charge is -2.16. The molecule has 4 rings (SSSR count). The average Bonchev–Trinajstić information content (AvgIpc) is 3.33. The van der Waals surface area contributed by atoms with Crippen LogP contribution in [0.5, 0.6) is 5.75 Å². The molecule has 1 amide bonds. The first-order valence-electron chi connectivity index (χ1n) is 8.86. The molecular weight excluding hydrogens is 410 g/mol. The molecule has 2 heterocycles. The number of rotatable bonds is 5. The van der Waals surface area contributed by atoms with Crippen LogP contribution in [0.3, 0.4) is 0 Å². The molecule has 0 saturated carbocycles. The van der Waals surface area contributed by atoms with Crippen LogP contribution >= 0.6 is 11.3 Å². The topological polar surface area (TPSA) is 88.6 Å². The molecule has 0 saturated heterocycles. The number of amides is 1. The number of sulfonamides is 1. The molecule has 1 aliphatic heterocycles. The van der Waals surface area contributed by atoms with Crippen molar-refractivity contribution in [2.24, 2.45) is 0 Å². The van der Waals surface area contributed by atoms with Gasteiger partial charge in [-0.3, -0.25) is 14.4 Å². The van der Waals surface area contributed by atoms with Crippen molar-refractivity contribution in [1.82, 2.24) is 4.98 Å². The van der Waals surface area contributed by atoms with Gasteiger partial charge >= 0.3 is 0 Å². The number of hydrogen-bond donors (Lipinski definition) is 1. The van der Waals surface area contributed by atoms with Gasteiger partial charge in [-0.25, -0.2) is 13.4 Å². The van der Waals surface area contributed by atoms with Crippen molar-refractivity contribution >= 4 is 38.1 Å². The number of carbonyl (C=O) groups excluding carboxylic acids is 1. The Bertz CT molecular complexity index is 1130. The van der Waals surface area contributed by atoms with Gasteiger partial charge in [0.1, 0.15) is 5.75 Å². The van der Waals surface area contributed by atoms with E-state index in [1.54, 1.807) is 24.3 Å². The van der Waals surface area contributed by atoms with E-state index in [-0.39, 0.29) is 5.91 Å². The molecule has 0 spiro atoms. The van der Waals surface area contributed by atoms with Crippen molar-refractivity contribution in [3.8, 4) is 17.0 Å². The van der Waals surface area contributed by atoms with E-state index >= 15 is 0 Å². The van der Waals surface area contributed by atoms with Crippen molar-refractivity contribution < 1.29 is 17.9 Å². The van der Waals surface area contributed by atoms with Gasteiger partial charge in [0.2, 0.25) is 10.0 Å². The summed E-state index contributed by atoms with van der Waals surface area (Å²) in [6, 6.07) is 14.7. The fourth-order valence-corrected chi connectivity index (χ4v) is 4.24. The highest BCUT2D eigenvalue weighted by Crippen LogP contribution is 2.30. The summed E-state index contributed by atoms with van der Waals surface area (Å²) in [5.41, 5.74) is 3.12. The third-order valence-electron chi connectivity index (χ3n) is 4.70. The van der Waals surface area contributed by atoms with E-state index in [9.17, 15) is 13.2 Å². The molecule has 0 bridgehead atoms. The minimum atomic E-state index is -3.31. The van der Waals surface area contributed by atoms with Crippen molar-refractivity contribution in [3.63, 3.8) is 0 Å². The number of benzene rings is 2. The minimum absolute atomic E-state index is 0.229. The van der Waals surface area contributed by atoms with Gasteiger partial charge in [-0.1, -0.05) is 30.3 Å². The number of carbonyl (C=O) groups is 1. The number of para-hydroxylation sites is 1. The van der Waals surface area contributed by atoms with Crippen LogP contribution < -0.4 is 14.4 Å². The lowest BCUT2D eigenvalue weighted by atomic mass is 10.1. The molecule has 1 N–H and O–H groups in total. The van der Waals surface area contributed by atoms with Crippen LogP contribution in [-0.2, 0) is 21.2 Å². The Morgan fingerprint density at radius 3 is 2.62 bits per heavy atom. The van der Waals surface area contributed by atoms with E-state index in [0.717, 1.165) is 23.1 Å². The zero-order valence-corrected chi connectivity index (χ0v) is 17.5. The summed E-state index contributed by atoms with van der Waals surface area (Å²) >= 11 is 1.33. The predicted octanol–water partition coefficient (Wildman–Crippen LogP) is 3.15. The fourth-order valence-electron chi connectivity index (χ4n) is 3.01. The number of ether oxygens (including phenoxy) is 1. The summed E-state index contributed by atoms with van der Waals surface area (Å²) in [5.74, 6) is 0.513. The second-order valence-electron chi connectivity index (χ2n) is 6.72. The number of nitrogens with zero attached hydrogens (tertiary/aromatic N) is 2. The Labute approximate surface area is 173 Å². The predicted molar refractivity (Wildman–Crippen MR) is 114 cm³/mol. The summed E-state index contributed by atoms with van der Waals surface area (Å²) in [6.45, 7) is 0. The molecule has 2 aromatic carbocycles. The van der Waals surface area contributed by atoms with Crippen LogP contribution in [0.2, 0.25) is 0 Å². The maximum Gasteiger partial charge on any atom is 0.267 e. The first-order valence-corrected chi connectivity index (χ1v) is 11.6. The van der Waals surface area contributed by atoms with Gasteiger partial charge in [0, 0.05) is 24.4 Å². The van der Waals surface area contributed by atoms with E-state index in [0.29, 0.717) is 22.9 Å². The van der Waals surface area contributed by atoms with Crippen LogP contribution in [-0.4, -0.2) is 38.7 Å². The van der Waals surface area contributed by atoms with Gasteiger partial charge in [-0.15, -0.1) is 11.3 Å². The summed E-state index contributed by atoms with van der Waals surface area (Å²) in [4.78, 5) is 17.0. The van der Waals surface area contributed by atoms with Gasteiger partial charge in [0.15, 0.2) is 11.2 Å². The summed E-state index contributed by atoms with van der Waals surface area (Å²) < 4.78 is 30.2. The molecule has 29 heavy (non-hydrogen) atoms. The molecule has 1 atom stereocenters. The van der Waals surface area contributed by atoms with Gasteiger partial charge in [0.25, 0.3) is 5.91 Å². The Morgan fingerprint density at radius 1 is 1.21 bits per heavy atom. The SMILES string of the molecule is CN(c1ccc(-c2csc(NC(=O)C3Cc4ccccc4O3)n2)cc1)S(C)(=O)=O. The average molecular weight is 430 g/mol. The second-order valence-corrected chi connectivity index (χ2v) is 9.59. The zero-order chi connectivity index (χ0) is 20.6. The van der Waals surface area contributed by atoms with E-state index in [4.69, 9.17) is 4.74 Å². The van der Waals surface area contributed by atoms with Crippen molar-refractivity contribution in [2.75, 3.05) is 22.9 Å². The molecular formula is C20H19N3O4S2. The second kappa shape index (κ2) is 7.49. The first kappa shape index (κ1) is 19.4. The summed E-state index contributed by atoms with van der Waals surface area (Å²) in [6.07, 6.45) is 1.13. The van der Waals surface area contributed by atoms with Crippen LogP contribution in [0, 0.1) is 0 Å². The van der Waals surface area contributed by atoms with E-state index in [2.05, 4.69) is 10.3 Å².